The summed E-state index contributed by atoms with van der Waals surface area (Å²) in [6.45, 7) is 0.126. The van der Waals surface area contributed by atoms with E-state index in [9.17, 15) is 14.4 Å². The number of rotatable bonds is 9. The van der Waals surface area contributed by atoms with Gasteiger partial charge in [-0.1, -0.05) is 38.2 Å². The molecule has 0 saturated heterocycles. The molecule has 7 heteroatoms. The minimum Gasteiger partial charge on any atom is -0.382 e. The van der Waals surface area contributed by atoms with Crippen molar-refractivity contribution in [3.63, 3.8) is 0 Å². The van der Waals surface area contributed by atoms with Crippen molar-refractivity contribution >= 4 is 23.4 Å². The van der Waals surface area contributed by atoms with Gasteiger partial charge in [0.15, 0.2) is 0 Å². The van der Waals surface area contributed by atoms with Gasteiger partial charge in [-0.3, -0.25) is 14.4 Å². The van der Waals surface area contributed by atoms with Gasteiger partial charge in [-0.2, -0.15) is 0 Å². The quantitative estimate of drug-likeness (QED) is 0.530. The van der Waals surface area contributed by atoms with Crippen molar-refractivity contribution in [3.05, 3.63) is 36.2 Å². The predicted molar refractivity (Wildman–Crippen MR) is 100 cm³/mol. The van der Waals surface area contributed by atoms with Crippen molar-refractivity contribution in [3.8, 4) is 0 Å². The Morgan fingerprint density at radius 3 is 2.54 bits per heavy atom. The number of benzene rings is 1. The third-order valence-electron chi connectivity index (χ3n) is 4.68. The maximum Gasteiger partial charge on any atom is 0.248 e. The standard InChI is InChI=1S/C19H27N4O3/c20-18(25)14-7-4-8-15(11-14)22-12-16(19(21)26)23-17(24)10-9-13-5-2-1-3-6-13/h4,7-8,10-11,13,16,22H,1-3,5-6,9,12H2,(H2,20,25)(H2,21,26)(H,23,24). The highest BCUT2D eigenvalue weighted by Gasteiger charge is 2.20. The predicted octanol–water partition coefficient (Wildman–Crippen LogP) is 1.34. The lowest BCUT2D eigenvalue weighted by Crippen LogP contribution is -2.48. The molecule has 0 aliphatic heterocycles. The summed E-state index contributed by atoms with van der Waals surface area (Å²) in [5.74, 6) is -0.892. The van der Waals surface area contributed by atoms with Gasteiger partial charge in [-0.15, -0.1) is 0 Å². The zero-order valence-electron chi connectivity index (χ0n) is 14.9. The minimum absolute atomic E-state index is 0.126. The van der Waals surface area contributed by atoms with Gasteiger partial charge < -0.3 is 22.1 Å². The van der Waals surface area contributed by atoms with Crippen LogP contribution in [-0.4, -0.2) is 30.3 Å². The number of hydrogen-bond acceptors (Lipinski definition) is 4. The van der Waals surface area contributed by atoms with Crippen molar-refractivity contribution in [1.29, 1.82) is 0 Å². The van der Waals surface area contributed by atoms with Gasteiger partial charge in [0.2, 0.25) is 17.7 Å². The Bertz CT molecular complexity index is 641. The molecular weight excluding hydrogens is 332 g/mol. The monoisotopic (exact) mass is 359 g/mol. The molecule has 1 fully saturated rings. The molecule has 1 aromatic rings. The van der Waals surface area contributed by atoms with Gasteiger partial charge in [0.1, 0.15) is 6.04 Å². The fraction of sp³-hybridized carbons (Fsp3) is 0.474. The summed E-state index contributed by atoms with van der Waals surface area (Å²) < 4.78 is 0. The molecule has 3 amide bonds. The molecule has 1 aromatic carbocycles. The highest BCUT2D eigenvalue weighted by molar-refractivity contribution is 5.94. The Balaban J connectivity index is 1.82. The fourth-order valence-electron chi connectivity index (χ4n) is 3.15. The van der Waals surface area contributed by atoms with Crippen LogP contribution < -0.4 is 22.1 Å². The number of carbonyl (C=O) groups excluding carboxylic acids is 3. The fourth-order valence-corrected chi connectivity index (χ4v) is 3.15. The summed E-state index contributed by atoms with van der Waals surface area (Å²) in [5.41, 5.74) is 11.6. The lowest BCUT2D eigenvalue weighted by Gasteiger charge is -2.22. The second-order valence-electron chi connectivity index (χ2n) is 6.73. The Labute approximate surface area is 153 Å². The normalized spacial score (nSPS) is 15.8. The molecule has 0 heterocycles. The Morgan fingerprint density at radius 1 is 1.15 bits per heavy atom. The van der Waals surface area contributed by atoms with Gasteiger partial charge in [0.25, 0.3) is 0 Å². The lowest BCUT2D eigenvalue weighted by atomic mass is 9.86. The van der Waals surface area contributed by atoms with Crippen LogP contribution in [0.25, 0.3) is 0 Å². The Morgan fingerprint density at radius 2 is 1.88 bits per heavy atom. The van der Waals surface area contributed by atoms with Crippen LogP contribution in [0.4, 0.5) is 5.69 Å². The average molecular weight is 359 g/mol. The van der Waals surface area contributed by atoms with E-state index < -0.39 is 17.9 Å². The maximum absolute atomic E-state index is 12.1. The Hall–Kier alpha value is -2.57. The molecule has 1 unspecified atom stereocenters. The molecule has 0 spiro atoms. The summed E-state index contributed by atoms with van der Waals surface area (Å²) in [7, 11) is 0. The van der Waals surface area contributed by atoms with Crippen LogP contribution in [0.15, 0.2) is 24.3 Å². The molecule has 0 bridgehead atoms. The molecule has 6 N–H and O–H groups in total. The first-order valence-electron chi connectivity index (χ1n) is 9.02. The van der Waals surface area contributed by atoms with E-state index >= 15 is 0 Å². The van der Waals surface area contributed by atoms with Crippen LogP contribution in [0.3, 0.4) is 0 Å². The number of primary amides is 2. The SMILES string of the molecule is NC(=O)c1cccc(NCC(NC(=O)[CH]CC2CCCCC2)C(N)=O)c1. The van der Waals surface area contributed by atoms with E-state index in [0.717, 1.165) is 19.3 Å². The van der Waals surface area contributed by atoms with Crippen LogP contribution in [0.2, 0.25) is 0 Å². The van der Waals surface area contributed by atoms with Gasteiger partial charge in [-0.05, 0) is 30.5 Å². The summed E-state index contributed by atoms with van der Waals surface area (Å²) >= 11 is 0. The van der Waals surface area contributed by atoms with Crippen LogP contribution in [0.1, 0.15) is 48.9 Å². The topological polar surface area (TPSA) is 127 Å². The van der Waals surface area contributed by atoms with Crippen LogP contribution in [0, 0.1) is 12.3 Å². The Kier molecular flexibility index (Phi) is 7.44. The van der Waals surface area contributed by atoms with Gasteiger partial charge >= 0.3 is 0 Å². The van der Waals surface area contributed by atoms with E-state index in [2.05, 4.69) is 10.6 Å². The van der Waals surface area contributed by atoms with Crippen molar-refractivity contribution in [1.82, 2.24) is 5.32 Å². The summed E-state index contributed by atoms with van der Waals surface area (Å²) in [6, 6.07) is 5.75. The number of hydrogen-bond donors (Lipinski definition) is 4. The molecule has 1 aliphatic carbocycles. The maximum atomic E-state index is 12.1. The van der Waals surface area contributed by atoms with Crippen LogP contribution >= 0.6 is 0 Å². The van der Waals surface area contributed by atoms with Crippen molar-refractivity contribution in [2.24, 2.45) is 17.4 Å². The first-order valence-corrected chi connectivity index (χ1v) is 9.02. The smallest absolute Gasteiger partial charge is 0.248 e. The molecule has 1 saturated carbocycles. The summed E-state index contributed by atoms with van der Waals surface area (Å²) in [6.07, 6.45) is 8.36. The zero-order chi connectivity index (χ0) is 18.9. The first kappa shape index (κ1) is 19.8. The number of nitrogens with two attached hydrogens (primary N) is 2. The van der Waals surface area contributed by atoms with Crippen molar-refractivity contribution in [2.75, 3.05) is 11.9 Å². The van der Waals surface area contributed by atoms with Crippen molar-refractivity contribution in [2.45, 2.75) is 44.6 Å². The molecule has 7 nitrogen and oxygen atoms in total. The van der Waals surface area contributed by atoms with Gasteiger partial charge in [0.05, 0.1) is 0 Å². The first-order chi connectivity index (χ1) is 12.5. The molecule has 26 heavy (non-hydrogen) atoms. The number of nitrogens with one attached hydrogen (secondary N) is 2. The highest BCUT2D eigenvalue weighted by Crippen LogP contribution is 2.26. The van der Waals surface area contributed by atoms with Gasteiger partial charge in [-0.25, -0.2) is 0 Å². The molecule has 1 radical (unpaired) electrons. The molecule has 141 valence electrons. The molecule has 1 atom stereocenters. The molecule has 1 aliphatic rings. The minimum atomic E-state index is -0.845. The second-order valence-corrected chi connectivity index (χ2v) is 6.73. The number of anilines is 1. The van der Waals surface area contributed by atoms with Crippen LogP contribution in [0.5, 0.6) is 0 Å². The van der Waals surface area contributed by atoms with Crippen molar-refractivity contribution < 1.29 is 14.4 Å². The number of amides is 3. The molecular formula is C19H27N4O3. The third kappa shape index (κ3) is 6.38. The van der Waals surface area contributed by atoms with E-state index in [1.807, 2.05) is 0 Å². The van der Waals surface area contributed by atoms with E-state index in [1.165, 1.54) is 19.3 Å². The zero-order valence-corrected chi connectivity index (χ0v) is 14.9. The molecule has 2 rings (SSSR count). The second kappa shape index (κ2) is 9.79. The largest absolute Gasteiger partial charge is 0.382 e. The average Bonchev–Trinajstić information content (AvgIpc) is 2.64. The van der Waals surface area contributed by atoms with E-state index in [4.69, 9.17) is 11.5 Å². The lowest BCUT2D eigenvalue weighted by molar-refractivity contribution is -0.125. The van der Waals surface area contributed by atoms with E-state index in [-0.39, 0.29) is 12.5 Å². The number of carbonyl (C=O) groups is 3. The summed E-state index contributed by atoms with van der Waals surface area (Å²) in [5, 5.41) is 5.64. The summed E-state index contributed by atoms with van der Waals surface area (Å²) in [4.78, 5) is 34.9. The van der Waals surface area contributed by atoms with E-state index in [1.54, 1.807) is 30.7 Å². The van der Waals surface area contributed by atoms with Gasteiger partial charge in [0, 0.05) is 24.2 Å². The third-order valence-corrected chi connectivity index (χ3v) is 4.68. The van der Waals surface area contributed by atoms with E-state index in [0.29, 0.717) is 17.2 Å². The van der Waals surface area contributed by atoms with Crippen LogP contribution in [-0.2, 0) is 9.59 Å². The molecule has 0 aromatic heterocycles. The highest BCUT2D eigenvalue weighted by atomic mass is 16.2.